The van der Waals surface area contributed by atoms with E-state index in [2.05, 4.69) is 15.2 Å². The predicted molar refractivity (Wildman–Crippen MR) is 59.5 cm³/mol. The normalized spacial score (nSPS) is 12.6. The average molecular weight is 219 g/mol. The molecular weight excluding hydrogens is 206 g/mol. The maximum Gasteiger partial charge on any atom is 0.182 e. The van der Waals surface area contributed by atoms with Crippen LogP contribution in [-0.4, -0.2) is 31.5 Å². The van der Waals surface area contributed by atoms with Crippen molar-refractivity contribution in [2.45, 2.75) is 13.0 Å². The first-order valence-corrected chi connectivity index (χ1v) is 4.95. The van der Waals surface area contributed by atoms with Gasteiger partial charge in [0.05, 0.1) is 12.6 Å². The van der Waals surface area contributed by atoms with E-state index < -0.39 is 0 Å². The molecule has 0 spiro atoms. The fourth-order valence-electron chi connectivity index (χ4n) is 1.41. The van der Waals surface area contributed by atoms with Crippen molar-refractivity contribution in [1.82, 2.24) is 19.7 Å². The van der Waals surface area contributed by atoms with Gasteiger partial charge in [-0.1, -0.05) is 6.07 Å². The predicted octanol–water partition coefficient (Wildman–Crippen LogP) is 0.476. The lowest BCUT2D eigenvalue weighted by Crippen LogP contribution is -2.10. The van der Waals surface area contributed by atoms with Crippen LogP contribution in [0.1, 0.15) is 13.0 Å². The van der Waals surface area contributed by atoms with Gasteiger partial charge in [-0.2, -0.15) is 0 Å². The molecule has 0 fully saturated rings. The maximum atomic E-state index is 9.11. The third kappa shape index (κ3) is 1.87. The van der Waals surface area contributed by atoms with Gasteiger partial charge >= 0.3 is 0 Å². The lowest BCUT2D eigenvalue weighted by Gasteiger charge is -2.11. The van der Waals surface area contributed by atoms with Gasteiger partial charge in [-0.25, -0.2) is 4.98 Å². The summed E-state index contributed by atoms with van der Waals surface area (Å²) >= 11 is 0. The van der Waals surface area contributed by atoms with Gasteiger partial charge in [-0.15, -0.1) is 10.2 Å². The van der Waals surface area contributed by atoms with E-state index >= 15 is 0 Å². The molecule has 0 aliphatic heterocycles. The number of rotatable bonds is 3. The largest absolute Gasteiger partial charge is 0.394 e. The van der Waals surface area contributed by atoms with Crippen molar-refractivity contribution in [1.29, 1.82) is 0 Å². The number of hydrogen-bond acceptors (Lipinski definition) is 5. The number of anilines is 1. The Kier molecular flexibility index (Phi) is 2.82. The van der Waals surface area contributed by atoms with Crippen molar-refractivity contribution in [3.05, 3.63) is 24.5 Å². The van der Waals surface area contributed by atoms with E-state index in [0.717, 1.165) is 0 Å². The molecule has 2 heterocycles. The van der Waals surface area contributed by atoms with Gasteiger partial charge in [0.15, 0.2) is 5.82 Å². The second kappa shape index (κ2) is 4.28. The van der Waals surface area contributed by atoms with Crippen molar-refractivity contribution >= 4 is 5.82 Å². The van der Waals surface area contributed by atoms with Crippen LogP contribution in [0.4, 0.5) is 5.82 Å². The lowest BCUT2D eigenvalue weighted by molar-refractivity contribution is 0.239. The van der Waals surface area contributed by atoms with E-state index in [9.17, 15) is 0 Å². The van der Waals surface area contributed by atoms with Crippen LogP contribution >= 0.6 is 0 Å². The quantitative estimate of drug-likeness (QED) is 0.783. The topological polar surface area (TPSA) is 89.8 Å². The number of hydrogen-bond donors (Lipinski definition) is 2. The summed E-state index contributed by atoms with van der Waals surface area (Å²) in [5, 5.41) is 16.9. The Morgan fingerprint density at radius 3 is 3.00 bits per heavy atom. The van der Waals surface area contributed by atoms with Crippen LogP contribution in [-0.2, 0) is 0 Å². The zero-order valence-corrected chi connectivity index (χ0v) is 8.91. The number of nitrogens with zero attached hydrogens (tertiary/aromatic N) is 4. The molecule has 6 heteroatoms. The fourth-order valence-corrected chi connectivity index (χ4v) is 1.41. The molecular formula is C10H13N5O. The Morgan fingerprint density at radius 1 is 1.50 bits per heavy atom. The molecule has 0 bridgehead atoms. The molecule has 0 unspecified atom stereocenters. The summed E-state index contributed by atoms with van der Waals surface area (Å²) in [6.07, 6.45) is 1.57. The minimum Gasteiger partial charge on any atom is -0.394 e. The molecule has 1 atom stereocenters. The summed E-state index contributed by atoms with van der Waals surface area (Å²) in [5.74, 6) is 1.04. The summed E-state index contributed by atoms with van der Waals surface area (Å²) in [6.45, 7) is 1.90. The van der Waals surface area contributed by atoms with Crippen molar-refractivity contribution in [3.63, 3.8) is 0 Å². The zero-order valence-electron chi connectivity index (χ0n) is 8.91. The summed E-state index contributed by atoms with van der Waals surface area (Å²) in [7, 11) is 0. The average Bonchev–Trinajstić information content (AvgIpc) is 2.77. The molecule has 0 aliphatic carbocycles. The van der Waals surface area contributed by atoms with E-state index in [1.807, 2.05) is 6.92 Å². The number of aromatic nitrogens is 4. The molecule has 16 heavy (non-hydrogen) atoms. The van der Waals surface area contributed by atoms with E-state index in [4.69, 9.17) is 10.8 Å². The second-order valence-electron chi connectivity index (χ2n) is 3.54. The fraction of sp³-hybridized carbons (Fsp3) is 0.300. The smallest absolute Gasteiger partial charge is 0.182 e. The Labute approximate surface area is 92.8 Å². The van der Waals surface area contributed by atoms with E-state index in [1.54, 1.807) is 29.1 Å². The Bertz CT molecular complexity index is 482. The molecule has 0 radical (unpaired) electrons. The van der Waals surface area contributed by atoms with Crippen LogP contribution in [0, 0.1) is 0 Å². The van der Waals surface area contributed by atoms with Crippen molar-refractivity contribution in [3.8, 4) is 11.5 Å². The molecule has 0 saturated heterocycles. The monoisotopic (exact) mass is 219 g/mol. The SMILES string of the molecule is C[C@H](CO)n1cnnc1-c1cccc(N)n1. The van der Waals surface area contributed by atoms with Gasteiger partial charge in [-0.3, -0.25) is 0 Å². The van der Waals surface area contributed by atoms with Gasteiger partial charge in [0.2, 0.25) is 0 Å². The van der Waals surface area contributed by atoms with Gasteiger partial charge in [0.1, 0.15) is 17.8 Å². The molecule has 3 N–H and O–H groups in total. The summed E-state index contributed by atoms with van der Waals surface area (Å²) in [4.78, 5) is 4.17. The third-order valence-electron chi connectivity index (χ3n) is 2.31. The number of nitrogen functional groups attached to an aromatic ring is 1. The first kappa shape index (κ1) is 10.6. The Balaban J connectivity index is 2.44. The second-order valence-corrected chi connectivity index (χ2v) is 3.54. The standard InChI is InChI=1S/C10H13N5O/c1-7(5-16)15-6-12-14-10(15)8-3-2-4-9(11)13-8/h2-4,6-7,16H,5H2,1H3,(H2,11,13)/t7-/m1/s1. The minimum absolute atomic E-state index is 0.0212. The van der Waals surface area contributed by atoms with Gasteiger partial charge < -0.3 is 15.4 Å². The van der Waals surface area contributed by atoms with Crippen molar-refractivity contribution < 1.29 is 5.11 Å². The highest BCUT2D eigenvalue weighted by molar-refractivity contribution is 5.52. The molecule has 2 aromatic rings. The third-order valence-corrected chi connectivity index (χ3v) is 2.31. The van der Waals surface area contributed by atoms with Gasteiger partial charge in [0, 0.05) is 0 Å². The molecule has 2 rings (SSSR count). The van der Waals surface area contributed by atoms with Crippen molar-refractivity contribution in [2.24, 2.45) is 0 Å². The first-order valence-electron chi connectivity index (χ1n) is 4.95. The minimum atomic E-state index is -0.0896. The number of pyridine rings is 1. The highest BCUT2D eigenvalue weighted by Crippen LogP contribution is 2.18. The molecule has 0 amide bonds. The number of nitrogens with two attached hydrogens (primary N) is 1. The molecule has 0 saturated carbocycles. The maximum absolute atomic E-state index is 9.11. The van der Waals surface area contributed by atoms with E-state index in [1.165, 1.54) is 0 Å². The number of aliphatic hydroxyl groups is 1. The molecule has 2 aromatic heterocycles. The highest BCUT2D eigenvalue weighted by Gasteiger charge is 2.12. The summed E-state index contributed by atoms with van der Waals surface area (Å²) in [5.41, 5.74) is 6.26. The van der Waals surface area contributed by atoms with E-state index in [-0.39, 0.29) is 12.6 Å². The summed E-state index contributed by atoms with van der Waals surface area (Å²) < 4.78 is 1.77. The van der Waals surface area contributed by atoms with Crippen LogP contribution in [0.5, 0.6) is 0 Å². The first-order chi connectivity index (χ1) is 7.72. The van der Waals surface area contributed by atoms with Gasteiger partial charge in [0.25, 0.3) is 0 Å². The van der Waals surface area contributed by atoms with Crippen molar-refractivity contribution in [2.75, 3.05) is 12.3 Å². The number of aliphatic hydroxyl groups excluding tert-OH is 1. The Hall–Kier alpha value is -1.95. The molecule has 6 nitrogen and oxygen atoms in total. The molecule has 84 valence electrons. The van der Waals surface area contributed by atoms with Gasteiger partial charge in [-0.05, 0) is 19.1 Å². The van der Waals surface area contributed by atoms with Crippen LogP contribution in [0.3, 0.4) is 0 Å². The van der Waals surface area contributed by atoms with Crippen LogP contribution in [0.2, 0.25) is 0 Å². The molecule has 0 aliphatic rings. The summed E-state index contributed by atoms with van der Waals surface area (Å²) in [6, 6.07) is 5.23. The highest BCUT2D eigenvalue weighted by atomic mass is 16.3. The van der Waals surface area contributed by atoms with Crippen LogP contribution < -0.4 is 5.73 Å². The lowest BCUT2D eigenvalue weighted by atomic mass is 10.3. The van der Waals surface area contributed by atoms with E-state index in [0.29, 0.717) is 17.3 Å². The van der Waals surface area contributed by atoms with Crippen LogP contribution in [0.25, 0.3) is 11.5 Å². The zero-order chi connectivity index (χ0) is 11.5. The molecule has 0 aromatic carbocycles. The Morgan fingerprint density at radius 2 is 2.31 bits per heavy atom. The van der Waals surface area contributed by atoms with Crippen LogP contribution in [0.15, 0.2) is 24.5 Å².